The van der Waals surface area contributed by atoms with Gasteiger partial charge in [0.1, 0.15) is 17.1 Å². The highest BCUT2D eigenvalue weighted by atomic mass is 32.2. The van der Waals surface area contributed by atoms with Crippen LogP contribution in [-0.4, -0.2) is 53.1 Å². The summed E-state index contributed by atoms with van der Waals surface area (Å²) >= 11 is 1.41. The molecule has 0 aromatic carbocycles. The van der Waals surface area contributed by atoms with Gasteiger partial charge < -0.3 is 14.8 Å². The highest BCUT2D eigenvalue weighted by molar-refractivity contribution is 8.00. The Balaban J connectivity index is 2.07. The van der Waals surface area contributed by atoms with Gasteiger partial charge in [-0.15, -0.1) is 11.8 Å². The van der Waals surface area contributed by atoms with Crippen molar-refractivity contribution in [2.24, 2.45) is 5.41 Å². The quantitative estimate of drug-likeness (QED) is 0.316. The lowest BCUT2D eigenvalue weighted by atomic mass is 9.98. The normalized spacial score (nSPS) is 22.5. The third-order valence-electron chi connectivity index (χ3n) is 3.68. The molecule has 0 bridgehead atoms. The van der Waals surface area contributed by atoms with Gasteiger partial charge in [0.15, 0.2) is 0 Å². The molecule has 2 aliphatic heterocycles. The maximum Gasteiger partial charge on any atom is 0.358 e. The number of nitrogens with one attached hydrogen (secondary N) is 1. The Kier molecular flexibility index (Phi) is 5.56. The van der Waals surface area contributed by atoms with E-state index in [0.717, 1.165) is 0 Å². The Labute approximate surface area is 149 Å². The molecular weight excluding hydrogens is 348 g/mol. The predicted octanol–water partition coefficient (Wildman–Crippen LogP) is 0.546. The highest BCUT2D eigenvalue weighted by Crippen LogP contribution is 2.40. The van der Waals surface area contributed by atoms with Crippen LogP contribution in [0.2, 0.25) is 0 Å². The average Bonchev–Trinajstić information content (AvgIpc) is 2.56. The van der Waals surface area contributed by atoms with E-state index in [1.165, 1.54) is 22.7 Å². The van der Waals surface area contributed by atoms with Crippen molar-refractivity contribution in [2.75, 3.05) is 12.5 Å². The van der Waals surface area contributed by atoms with E-state index >= 15 is 0 Å². The van der Waals surface area contributed by atoms with Gasteiger partial charge in [-0.1, -0.05) is 12.7 Å². The molecule has 2 rings (SSSR count). The van der Waals surface area contributed by atoms with E-state index in [1.807, 2.05) is 0 Å². The van der Waals surface area contributed by atoms with E-state index in [-0.39, 0.29) is 11.1 Å². The Morgan fingerprint density at radius 3 is 2.64 bits per heavy atom. The molecular formula is C16H20N2O6S. The second-order valence-corrected chi connectivity index (χ2v) is 7.59. The molecule has 0 spiro atoms. The maximum absolute atomic E-state index is 12.4. The van der Waals surface area contributed by atoms with Crippen LogP contribution in [0.1, 0.15) is 20.8 Å². The number of esters is 2. The van der Waals surface area contributed by atoms with Gasteiger partial charge >= 0.3 is 11.9 Å². The van der Waals surface area contributed by atoms with Crippen molar-refractivity contribution in [1.29, 1.82) is 0 Å². The Morgan fingerprint density at radius 2 is 2.08 bits per heavy atom. The zero-order valence-corrected chi connectivity index (χ0v) is 15.1. The molecule has 1 N–H and O–H groups in total. The van der Waals surface area contributed by atoms with Crippen LogP contribution in [0.3, 0.4) is 0 Å². The van der Waals surface area contributed by atoms with Crippen LogP contribution in [0.15, 0.2) is 23.9 Å². The fraction of sp³-hybridized carbons (Fsp3) is 0.500. The van der Waals surface area contributed by atoms with E-state index < -0.39 is 36.1 Å². The van der Waals surface area contributed by atoms with Crippen molar-refractivity contribution >= 4 is 36.0 Å². The molecule has 0 aliphatic carbocycles. The number of carbonyl (C=O) groups excluding carboxylic acids is 4. The van der Waals surface area contributed by atoms with Crippen molar-refractivity contribution in [3.63, 3.8) is 0 Å². The number of nitrogens with zero attached hydrogens (tertiary/aromatic N) is 1. The van der Waals surface area contributed by atoms with Gasteiger partial charge in [0, 0.05) is 5.75 Å². The number of thioether (sulfide) groups is 1. The minimum Gasteiger partial charge on any atom is -0.427 e. The van der Waals surface area contributed by atoms with Crippen molar-refractivity contribution in [3.05, 3.63) is 23.9 Å². The lowest BCUT2D eigenvalue weighted by molar-refractivity contribution is -0.173. The first-order valence-corrected chi connectivity index (χ1v) is 8.61. The van der Waals surface area contributed by atoms with Gasteiger partial charge in [0.2, 0.25) is 13.2 Å². The van der Waals surface area contributed by atoms with Crippen LogP contribution in [-0.2, 0) is 28.7 Å². The summed E-state index contributed by atoms with van der Waals surface area (Å²) in [4.78, 5) is 48.1. The van der Waals surface area contributed by atoms with Crippen LogP contribution in [0.4, 0.5) is 0 Å². The fourth-order valence-electron chi connectivity index (χ4n) is 2.30. The molecule has 136 valence electrons. The molecule has 25 heavy (non-hydrogen) atoms. The number of β-lactam (4-membered cyclic amide) rings is 1. The molecule has 2 aliphatic rings. The molecule has 2 heterocycles. The molecule has 0 aromatic rings. The van der Waals surface area contributed by atoms with Crippen LogP contribution in [0.5, 0.6) is 0 Å². The maximum atomic E-state index is 12.4. The third kappa shape index (κ3) is 3.71. The standard InChI is InChI=1S/C16H20N2O6S/c1-5-9-6-25-13-10(17-7-19)12(20)18(13)11(9)14(21)23-8-24-15(22)16(2,3)4/h5,7,10,13H,1,6,8H2,2-4H3,(H,17,19)/t10-,13-/m1/s1. The Morgan fingerprint density at radius 1 is 1.40 bits per heavy atom. The molecule has 0 radical (unpaired) electrons. The molecule has 0 aromatic heterocycles. The summed E-state index contributed by atoms with van der Waals surface area (Å²) in [7, 11) is 0. The number of rotatable bonds is 6. The molecule has 9 heteroatoms. The minimum absolute atomic E-state index is 0.0690. The molecule has 2 amide bonds. The second-order valence-electron chi connectivity index (χ2n) is 6.48. The number of hydrogen-bond donors (Lipinski definition) is 1. The number of fused-ring (bicyclic) bond motifs is 1. The smallest absolute Gasteiger partial charge is 0.358 e. The summed E-state index contributed by atoms with van der Waals surface area (Å²) in [6, 6.07) is -0.671. The van der Waals surface area contributed by atoms with Gasteiger partial charge in [0.25, 0.3) is 5.91 Å². The van der Waals surface area contributed by atoms with E-state index in [1.54, 1.807) is 20.8 Å². The number of hydrogen-bond acceptors (Lipinski definition) is 7. The minimum atomic E-state index is -0.778. The first-order valence-electron chi connectivity index (χ1n) is 7.56. The highest BCUT2D eigenvalue weighted by Gasteiger charge is 2.53. The van der Waals surface area contributed by atoms with Crippen LogP contribution in [0, 0.1) is 5.41 Å². The third-order valence-corrected chi connectivity index (χ3v) is 4.98. The molecule has 2 atom stereocenters. The van der Waals surface area contributed by atoms with Gasteiger partial charge in [-0.3, -0.25) is 19.3 Å². The summed E-state index contributed by atoms with van der Waals surface area (Å²) in [5.41, 5.74) is -0.100. The monoisotopic (exact) mass is 368 g/mol. The average molecular weight is 368 g/mol. The van der Waals surface area contributed by atoms with Crippen molar-refractivity contribution in [3.8, 4) is 0 Å². The van der Waals surface area contributed by atoms with Crippen LogP contribution >= 0.6 is 11.8 Å². The first-order chi connectivity index (χ1) is 11.7. The van der Waals surface area contributed by atoms with Crippen LogP contribution in [0.25, 0.3) is 0 Å². The van der Waals surface area contributed by atoms with E-state index in [9.17, 15) is 19.2 Å². The molecule has 0 unspecified atom stereocenters. The largest absolute Gasteiger partial charge is 0.427 e. The predicted molar refractivity (Wildman–Crippen MR) is 89.8 cm³/mol. The van der Waals surface area contributed by atoms with E-state index in [0.29, 0.717) is 17.7 Å². The summed E-state index contributed by atoms with van der Waals surface area (Å²) < 4.78 is 9.90. The molecule has 8 nitrogen and oxygen atoms in total. The topological polar surface area (TPSA) is 102 Å². The number of allylic oxidation sites excluding steroid dienone is 1. The van der Waals surface area contributed by atoms with E-state index in [2.05, 4.69) is 11.9 Å². The molecule has 0 saturated carbocycles. The lowest BCUT2D eigenvalue weighted by Crippen LogP contribution is -2.69. The lowest BCUT2D eigenvalue weighted by Gasteiger charge is -2.49. The van der Waals surface area contributed by atoms with Crippen molar-refractivity contribution in [1.82, 2.24) is 10.2 Å². The van der Waals surface area contributed by atoms with Crippen LogP contribution < -0.4 is 5.32 Å². The first kappa shape index (κ1) is 19.0. The zero-order valence-electron chi connectivity index (χ0n) is 14.2. The van der Waals surface area contributed by atoms with Crippen molar-refractivity contribution < 1.29 is 28.7 Å². The van der Waals surface area contributed by atoms with E-state index in [4.69, 9.17) is 9.47 Å². The van der Waals surface area contributed by atoms with Gasteiger partial charge in [-0.2, -0.15) is 0 Å². The Hall–Kier alpha value is -2.29. The SMILES string of the molecule is C=CC1=C(C(=O)OCOC(=O)C(C)(C)C)N2C(=O)[C@@H](NC=O)[C@H]2SC1. The summed E-state index contributed by atoms with van der Waals surface area (Å²) in [5.74, 6) is -1.24. The summed E-state index contributed by atoms with van der Waals surface area (Å²) in [6.07, 6.45) is 1.94. The Bertz CT molecular complexity index is 652. The second kappa shape index (κ2) is 7.30. The summed E-state index contributed by atoms with van der Waals surface area (Å²) in [5, 5.41) is 2.06. The fourth-order valence-corrected chi connectivity index (χ4v) is 3.65. The van der Waals surface area contributed by atoms with Crippen molar-refractivity contribution in [2.45, 2.75) is 32.2 Å². The van der Waals surface area contributed by atoms with Gasteiger partial charge in [-0.25, -0.2) is 4.79 Å². The van der Waals surface area contributed by atoms with Gasteiger partial charge in [0.05, 0.1) is 5.41 Å². The molecule has 1 saturated heterocycles. The zero-order chi connectivity index (χ0) is 18.8. The molecule has 1 fully saturated rings. The number of carbonyl (C=O) groups is 4. The van der Waals surface area contributed by atoms with Gasteiger partial charge in [-0.05, 0) is 26.3 Å². The number of amides is 2. The summed E-state index contributed by atoms with van der Waals surface area (Å²) in [6.45, 7) is 8.14. The number of ether oxygens (including phenoxy) is 2.